The van der Waals surface area contributed by atoms with Crippen LogP contribution in [0.4, 0.5) is 0 Å². The lowest BCUT2D eigenvalue weighted by atomic mass is 9.98. The number of nitrogens with zero attached hydrogens (tertiary/aromatic N) is 2. The van der Waals surface area contributed by atoms with E-state index in [1.807, 2.05) is 66.9 Å². The summed E-state index contributed by atoms with van der Waals surface area (Å²) in [5.74, 6) is 0.0689. The normalized spacial score (nSPS) is 11.1. The molecule has 0 fully saturated rings. The third-order valence-corrected chi connectivity index (χ3v) is 5.73. The van der Waals surface area contributed by atoms with Gasteiger partial charge in [0.25, 0.3) is 5.91 Å². The molecule has 31 heavy (non-hydrogen) atoms. The van der Waals surface area contributed by atoms with Gasteiger partial charge in [-0.2, -0.15) is 0 Å². The Morgan fingerprint density at radius 2 is 1.58 bits per heavy atom. The number of amides is 1. The minimum atomic E-state index is 0.0689. The van der Waals surface area contributed by atoms with Crippen LogP contribution in [-0.4, -0.2) is 37.2 Å². The monoisotopic (exact) mass is 442 g/mol. The van der Waals surface area contributed by atoms with Gasteiger partial charge in [-0.05, 0) is 49.1 Å². The molecule has 1 amide bonds. The predicted octanol–water partition coefficient (Wildman–Crippen LogP) is 7.98. The fourth-order valence-corrected chi connectivity index (χ4v) is 3.86. The summed E-state index contributed by atoms with van der Waals surface area (Å²) in [7, 11) is 3.65. The van der Waals surface area contributed by atoms with Crippen LogP contribution in [0.5, 0.6) is 0 Å². The zero-order chi connectivity index (χ0) is 23.6. The molecule has 0 aliphatic heterocycles. The van der Waals surface area contributed by atoms with Gasteiger partial charge >= 0.3 is 0 Å². The number of benzene rings is 1. The van der Waals surface area contributed by atoms with Gasteiger partial charge in [0.05, 0.1) is 15.5 Å². The van der Waals surface area contributed by atoms with Crippen molar-refractivity contribution < 1.29 is 4.79 Å². The molecule has 0 saturated carbocycles. The Hall–Kier alpha value is -2.20. The Balaban J connectivity index is 0.00000212. The number of thiophene rings is 1. The highest BCUT2D eigenvalue weighted by Crippen LogP contribution is 2.25. The molecule has 1 heterocycles. The van der Waals surface area contributed by atoms with Gasteiger partial charge in [-0.1, -0.05) is 77.8 Å². The zero-order valence-electron chi connectivity index (χ0n) is 20.9. The Morgan fingerprint density at radius 1 is 0.968 bits per heavy atom. The smallest absolute Gasteiger partial charge is 0.263 e. The second-order valence-corrected chi connectivity index (χ2v) is 7.67. The van der Waals surface area contributed by atoms with Crippen molar-refractivity contribution in [3.8, 4) is 0 Å². The molecule has 0 unspecified atom stereocenters. The van der Waals surface area contributed by atoms with Crippen molar-refractivity contribution in [2.45, 2.75) is 67.2 Å². The molecule has 0 saturated heterocycles. The minimum absolute atomic E-state index is 0.0689. The number of carbonyl (C=O) groups excluding carboxylic acids is 1. The summed E-state index contributed by atoms with van der Waals surface area (Å²) in [6.07, 6.45) is 6.83. The van der Waals surface area contributed by atoms with Crippen LogP contribution in [0.15, 0.2) is 53.5 Å². The molecule has 0 radical (unpaired) electrons. The number of hydrogen-bond donors (Lipinski definition) is 0. The first-order valence-corrected chi connectivity index (χ1v) is 12.5. The first kappa shape index (κ1) is 28.8. The maximum absolute atomic E-state index is 12.4. The summed E-state index contributed by atoms with van der Waals surface area (Å²) in [6.45, 7) is 12.9. The SMILES string of the molecule is CC.CC.CCCCC/C(=C\C(=NC)c1ccc(C(=O)N(C)CC)s1)c1ccccc1. The van der Waals surface area contributed by atoms with Crippen LogP contribution >= 0.6 is 11.3 Å². The van der Waals surface area contributed by atoms with Crippen LogP contribution in [0.1, 0.15) is 87.3 Å². The maximum Gasteiger partial charge on any atom is 0.263 e. The van der Waals surface area contributed by atoms with E-state index in [9.17, 15) is 4.79 Å². The van der Waals surface area contributed by atoms with Gasteiger partial charge in [-0.25, -0.2) is 0 Å². The van der Waals surface area contributed by atoms with Gasteiger partial charge in [0, 0.05) is 20.6 Å². The van der Waals surface area contributed by atoms with E-state index in [0.717, 1.165) is 21.9 Å². The van der Waals surface area contributed by atoms with Crippen molar-refractivity contribution in [3.63, 3.8) is 0 Å². The number of allylic oxidation sites excluding steroid dienone is 2. The zero-order valence-corrected chi connectivity index (χ0v) is 21.7. The van der Waals surface area contributed by atoms with E-state index in [1.165, 1.54) is 41.7 Å². The number of hydrogen-bond acceptors (Lipinski definition) is 3. The average molecular weight is 443 g/mol. The molecule has 3 nitrogen and oxygen atoms in total. The largest absolute Gasteiger partial charge is 0.341 e. The first-order valence-electron chi connectivity index (χ1n) is 11.7. The van der Waals surface area contributed by atoms with Gasteiger partial charge in [0.15, 0.2) is 0 Å². The van der Waals surface area contributed by atoms with Crippen LogP contribution in [0.25, 0.3) is 5.57 Å². The molecule has 172 valence electrons. The Labute approximate surface area is 194 Å². The number of aliphatic imine (C=N–C) groups is 1. The molecule has 0 bridgehead atoms. The second kappa shape index (κ2) is 17.5. The highest BCUT2D eigenvalue weighted by atomic mass is 32.1. The van der Waals surface area contributed by atoms with E-state index in [4.69, 9.17) is 0 Å². The van der Waals surface area contributed by atoms with E-state index in [1.54, 1.807) is 4.90 Å². The third-order valence-electron chi connectivity index (χ3n) is 4.64. The average Bonchev–Trinajstić information content (AvgIpc) is 3.33. The van der Waals surface area contributed by atoms with E-state index in [2.05, 4.69) is 42.3 Å². The lowest BCUT2D eigenvalue weighted by Crippen LogP contribution is -2.25. The molecule has 0 N–H and O–H groups in total. The highest BCUT2D eigenvalue weighted by molar-refractivity contribution is 7.16. The quantitative estimate of drug-likeness (QED) is 0.286. The summed E-state index contributed by atoms with van der Waals surface area (Å²) in [6, 6.07) is 14.4. The van der Waals surface area contributed by atoms with E-state index < -0.39 is 0 Å². The molecule has 2 aromatic rings. The van der Waals surface area contributed by atoms with Gasteiger partial charge in [0.2, 0.25) is 0 Å². The fourth-order valence-electron chi connectivity index (χ4n) is 2.85. The third kappa shape index (κ3) is 9.65. The number of unbranched alkanes of at least 4 members (excludes halogenated alkanes) is 2. The van der Waals surface area contributed by atoms with Gasteiger partial charge in [0.1, 0.15) is 0 Å². The molecular weight excluding hydrogens is 400 g/mol. The molecular formula is C27H42N2OS. The standard InChI is InChI=1S/C23H30N2OS.2C2H6/c1-5-7-9-14-19(18-12-10-8-11-13-18)17-20(24-3)21-15-16-22(27-21)23(26)25(4)6-2;2*1-2/h8,10-13,15-17H,5-7,9,14H2,1-4H3;2*1-2H3/b19-17+,24-20?;;. The van der Waals surface area contributed by atoms with Crippen LogP contribution < -0.4 is 0 Å². The molecule has 2 rings (SSSR count). The van der Waals surface area contributed by atoms with Crippen molar-refractivity contribution in [1.29, 1.82) is 0 Å². The summed E-state index contributed by atoms with van der Waals surface area (Å²) in [4.78, 5) is 20.4. The van der Waals surface area contributed by atoms with Crippen molar-refractivity contribution in [2.75, 3.05) is 20.6 Å². The minimum Gasteiger partial charge on any atom is -0.341 e. The number of carbonyl (C=O) groups is 1. The molecule has 0 atom stereocenters. The lowest BCUT2D eigenvalue weighted by molar-refractivity contribution is 0.0807. The van der Waals surface area contributed by atoms with Gasteiger partial charge in [-0.15, -0.1) is 11.3 Å². The van der Waals surface area contributed by atoms with Crippen molar-refractivity contribution in [1.82, 2.24) is 4.90 Å². The molecule has 0 aliphatic rings. The summed E-state index contributed by atoms with van der Waals surface area (Å²) in [5.41, 5.74) is 3.48. The molecule has 0 aliphatic carbocycles. The van der Waals surface area contributed by atoms with E-state index in [0.29, 0.717) is 6.54 Å². The van der Waals surface area contributed by atoms with Crippen molar-refractivity contribution in [2.24, 2.45) is 4.99 Å². The van der Waals surface area contributed by atoms with E-state index >= 15 is 0 Å². The molecule has 1 aromatic carbocycles. The fraction of sp³-hybridized carbons (Fsp3) is 0.481. The highest BCUT2D eigenvalue weighted by Gasteiger charge is 2.15. The lowest BCUT2D eigenvalue weighted by Gasteiger charge is -2.12. The molecule has 1 aromatic heterocycles. The van der Waals surface area contributed by atoms with Crippen molar-refractivity contribution in [3.05, 3.63) is 63.9 Å². The second-order valence-electron chi connectivity index (χ2n) is 6.58. The van der Waals surface area contributed by atoms with Crippen LogP contribution in [0, 0.1) is 0 Å². The van der Waals surface area contributed by atoms with Crippen LogP contribution in [0.2, 0.25) is 0 Å². The summed E-state index contributed by atoms with van der Waals surface area (Å²) in [5, 5.41) is 0. The van der Waals surface area contributed by atoms with Crippen molar-refractivity contribution >= 4 is 28.5 Å². The van der Waals surface area contributed by atoms with Crippen LogP contribution in [0.3, 0.4) is 0 Å². The van der Waals surface area contributed by atoms with Gasteiger partial charge in [-0.3, -0.25) is 9.79 Å². The molecule has 0 spiro atoms. The molecule has 4 heteroatoms. The summed E-state index contributed by atoms with van der Waals surface area (Å²) < 4.78 is 0. The maximum atomic E-state index is 12.4. The topological polar surface area (TPSA) is 32.7 Å². The predicted molar refractivity (Wildman–Crippen MR) is 141 cm³/mol. The van der Waals surface area contributed by atoms with E-state index in [-0.39, 0.29) is 5.91 Å². The Morgan fingerprint density at radius 3 is 2.13 bits per heavy atom. The first-order chi connectivity index (χ1) is 15.1. The van der Waals surface area contributed by atoms with Gasteiger partial charge < -0.3 is 4.90 Å². The van der Waals surface area contributed by atoms with Crippen LogP contribution in [-0.2, 0) is 0 Å². The number of rotatable bonds is 9. The summed E-state index contributed by atoms with van der Waals surface area (Å²) >= 11 is 1.52. The Kier molecular flexibility index (Phi) is 16.2. The Bertz CT molecular complexity index is 791.